The Morgan fingerprint density at radius 1 is 1.45 bits per heavy atom. The molecule has 2 N–H and O–H groups in total. The minimum Gasteiger partial charge on any atom is -0.478 e. The van der Waals surface area contributed by atoms with Gasteiger partial charge in [-0.05, 0) is 31.2 Å². The third-order valence-corrected chi connectivity index (χ3v) is 4.85. The summed E-state index contributed by atoms with van der Waals surface area (Å²) in [5.41, 5.74) is 0.186. The molecule has 1 aromatic heterocycles. The number of rotatable bonds is 3. The van der Waals surface area contributed by atoms with E-state index in [0.29, 0.717) is 10.9 Å². The van der Waals surface area contributed by atoms with E-state index in [1.165, 1.54) is 11.3 Å². The van der Waals surface area contributed by atoms with Crippen molar-refractivity contribution >= 4 is 28.3 Å². The molecule has 0 spiro atoms. The van der Waals surface area contributed by atoms with Crippen molar-refractivity contribution in [1.82, 2.24) is 4.90 Å². The minimum absolute atomic E-state index is 0.186. The molecule has 2 heterocycles. The van der Waals surface area contributed by atoms with E-state index in [0.717, 1.165) is 37.2 Å². The summed E-state index contributed by atoms with van der Waals surface area (Å²) < 4.78 is 0. The van der Waals surface area contributed by atoms with E-state index in [4.69, 9.17) is 0 Å². The van der Waals surface area contributed by atoms with Crippen molar-refractivity contribution in [3.8, 4) is 0 Å². The smallest absolute Gasteiger partial charge is 0.338 e. The average Bonchev–Trinajstić information content (AvgIpc) is 2.82. The highest BCUT2D eigenvalue weighted by Crippen LogP contribution is 2.29. The molecular weight excluding hydrogens is 276 g/mol. The lowest BCUT2D eigenvalue weighted by Crippen LogP contribution is -2.40. The number of aryl methyl sites for hydroxylation is 1. The van der Waals surface area contributed by atoms with Gasteiger partial charge in [0.05, 0.1) is 5.56 Å². The lowest BCUT2D eigenvalue weighted by atomic mass is 10.00. The van der Waals surface area contributed by atoms with E-state index in [2.05, 4.69) is 12.2 Å². The van der Waals surface area contributed by atoms with Crippen molar-refractivity contribution in [3.63, 3.8) is 0 Å². The van der Waals surface area contributed by atoms with Gasteiger partial charge in [0.25, 0.3) is 0 Å². The summed E-state index contributed by atoms with van der Waals surface area (Å²) in [7, 11) is 0. The van der Waals surface area contributed by atoms with Crippen LogP contribution in [0.3, 0.4) is 0 Å². The van der Waals surface area contributed by atoms with Gasteiger partial charge in [0.1, 0.15) is 5.00 Å². The van der Waals surface area contributed by atoms with Crippen LogP contribution in [0.1, 0.15) is 41.9 Å². The van der Waals surface area contributed by atoms with Crippen molar-refractivity contribution in [2.45, 2.75) is 33.1 Å². The van der Waals surface area contributed by atoms with Crippen molar-refractivity contribution in [2.75, 3.05) is 18.4 Å². The number of likely N-dealkylation sites (tertiary alicyclic amines) is 1. The van der Waals surface area contributed by atoms with Crippen LogP contribution in [-0.4, -0.2) is 35.1 Å². The Labute approximate surface area is 122 Å². The van der Waals surface area contributed by atoms with Crippen LogP contribution in [0.2, 0.25) is 0 Å². The fourth-order valence-electron chi connectivity index (χ4n) is 2.26. The minimum atomic E-state index is -0.997. The Hall–Kier alpha value is -1.56. The lowest BCUT2D eigenvalue weighted by Gasteiger charge is -2.30. The van der Waals surface area contributed by atoms with Crippen molar-refractivity contribution in [1.29, 1.82) is 0 Å². The van der Waals surface area contributed by atoms with Crippen LogP contribution in [0, 0.1) is 5.92 Å². The second-order valence-corrected chi connectivity index (χ2v) is 6.35. The second kappa shape index (κ2) is 6.26. The second-order valence-electron chi connectivity index (χ2n) is 5.21. The van der Waals surface area contributed by atoms with Gasteiger partial charge in [-0.2, -0.15) is 0 Å². The fourth-order valence-corrected chi connectivity index (χ4v) is 3.23. The topological polar surface area (TPSA) is 69.6 Å². The molecule has 20 heavy (non-hydrogen) atoms. The van der Waals surface area contributed by atoms with Crippen LogP contribution in [0.15, 0.2) is 6.07 Å². The summed E-state index contributed by atoms with van der Waals surface area (Å²) in [6.45, 7) is 5.63. The summed E-state index contributed by atoms with van der Waals surface area (Å²) >= 11 is 1.34. The molecule has 0 aromatic carbocycles. The number of nitrogens with zero attached hydrogens (tertiary/aromatic N) is 1. The monoisotopic (exact) mass is 296 g/mol. The molecule has 1 saturated heterocycles. The number of carbonyl (C=O) groups excluding carboxylic acids is 1. The van der Waals surface area contributed by atoms with Gasteiger partial charge in [-0.25, -0.2) is 9.59 Å². The van der Waals surface area contributed by atoms with Gasteiger partial charge in [-0.15, -0.1) is 11.3 Å². The van der Waals surface area contributed by atoms with Gasteiger partial charge < -0.3 is 10.0 Å². The highest BCUT2D eigenvalue weighted by Gasteiger charge is 2.23. The van der Waals surface area contributed by atoms with Crippen LogP contribution in [0.25, 0.3) is 0 Å². The normalized spacial score (nSPS) is 16.2. The first-order valence-corrected chi connectivity index (χ1v) is 7.74. The van der Waals surface area contributed by atoms with Gasteiger partial charge in [0.2, 0.25) is 0 Å². The Balaban J connectivity index is 2.07. The van der Waals surface area contributed by atoms with Gasteiger partial charge in [-0.1, -0.05) is 13.8 Å². The van der Waals surface area contributed by atoms with Crippen LogP contribution >= 0.6 is 11.3 Å². The standard InChI is InChI=1S/C14H20N2O3S/c1-3-10-8-11(13(17)18)12(20-10)15-14(19)16-6-4-9(2)5-7-16/h8-9H,3-7H2,1-2H3,(H,15,19)(H,17,18). The fraction of sp³-hybridized carbons (Fsp3) is 0.571. The molecule has 6 heteroatoms. The number of anilines is 1. The molecule has 110 valence electrons. The van der Waals surface area contributed by atoms with E-state index in [1.807, 2.05) is 6.92 Å². The zero-order valence-electron chi connectivity index (χ0n) is 11.8. The van der Waals surface area contributed by atoms with Gasteiger partial charge in [0, 0.05) is 18.0 Å². The number of piperidine rings is 1. The van der Waals surface area contributed by atoms with Crippen molar-refractivity contribution in [2.24, 2.45) is 5.92 Å². The first-order valence-electron chi connectivity index (χ1n) is 6.93. The molecule has 5 nitrogen and oxygen atoms in total. The predicted molar refractivity (Wildman–Crippen MR) is 79.6 cm³/mol. The van der Waals surface area contributed by atoms with Crippen LogP contribution in [-0.2, 0) is 6.42 Å². The molecule has 0 aliphatic carbocycles. The van der Waals surface area contributed by atoms with Crippen molar-refractivity contribution in [3.05, 3.63) is 16.5 Å². The molecule has 1 fully saturated rings. The summed E-state index contributed by atoms with van der Waals surface area (Å²) in [4.78, 5) is 26.1. The summed E-state index contributed by atoms with van der Waals surface area (Å²) in [5, 5.41) is 12.4. The average molecular weight is 296 g/mol. The zero-order valence-corrected chi connectivity index (χ0v) is 12.6. The van der Waals surface area contributed by atoms with E-state index < -0.39 is 5.97 Å². The molecule has 1 aliphatic heterocycles. The zero-order chi connectivity index (χ0) is 14.7. The summed E-state index contributed by atoms with van der Waals surface area (Å²) in [5.74, 6) is -0.342. The molecule has 2 rings (SSSR count). The molecule has 0 radical (unpaired) electrons. The van der Waals surface area contributed by atoms with E-state index >= 15 is 0 Å². The quantitative estimate of drug-likeness (QED) is 0.899. The predicted octanol–water partition coefficient (Wildman–Crippen LogP) is 3.27. The van der Waals surface area contributed by atoms with Gasteiger partial charge in [-0.3, -0.25) is 5.32 Å². The molecule has 1 aromatic rings. The molecule has 0 bridgehead atoms. The molecule has 2 amide bonds. The number of carboxylic acids is 1. The number of carboxylic acid groups (broad SMARTS) is 1. The SMILES string of the molecule is CCc1cc(C(=O)O)c(NC(=O)N2CCC(C)CC2)s1. The molecule has 1 aliphatic rings. The maximum atomic E-state index is 12.2. The van der Waals surface area contributed by atoms with E-state index in [9.17, 15) is 14.7 Å². The Morgan fingerprint density at radius 2 is 2.10 bits per heavy atom. The molecule has 0 saturated carbocycles. The number of thiophene rings is 1. The first kappa shape index (κ1) is 14.8. The molecular formula is C14H20N2O3S. The van der Waals surface area contributed by atoms with Crippen LogP contribution in [0.5, 0.6) is 0 Å². The Morgan fingerprint density at radius 3 is 2.65 bits per heavy atom. The number of carbonyl (C=O) groups is 2. The summed E-state index contributed by atoms with van der Waals surface area (Å²) in [6.07, 6.45) is 2.77. The van der Waals surface area contributed by atoms with Gasteiger partial charge in [0.15, 0.2) is 0 Å². The Bertz CT molecular complexity index is 505. The third-order valence-electron chi connectivity index (χ3n) is 3.65. The van der Waals surface area contributed by atoms with E-state index in [1.54, 1.807) is 11.0 Å². The maximum Gasteiger partial charge on any atom is 0.338 e. The highest BCUT2D eigenvalue weighted by atomic mass is 32.1. The highest BCUT2D eigenvalue weighted by molar-refractivity contribution is 7.16. The maximum absolute atomic E-state index is 12.2. The number of aromatic carboxylic acids is 1. The third kappa shape index (κ3) is 3.30. The van der Waals surface area contributed by atoms with E-state index in [-0.39, 0.29) is 11.6 Å². The number of hydrogen-bond acceptors (Lipinski definition) is 3. The number of hydrogen-bond donors (Lipinski definition) is 2. The number of amides is 2. The first-order chi connectivity index (χ1) is 9.51. The van der Waals surface area contributed by atoms with Crippen LogP contribution < -0.4 is 5.32 Å². The summed E-state index contributed by atoms with van der Waals surface area (Å²) in [6, 6.07) is 1.45. The van der Waals surface area contributed by atoms with Gasteiger partial charge >= 0.3 is 12.0 Å². The lowest BCUT2D eigenvalue weighted by molar-refractivity contribution is 0.0698. The molecule has 0 atom stereocenters. The molecule has 0 unspecified atom stereocenters. The Kier molecular flexibility index (Phi) is 4.65. The number of urea groups is 1. The number of nitrogens with one attached hydrogen (secondary N) is 1. The van der Waals surface area contributed by atoms with Crippen LogP contribution in [0.4, 0.5) is 9.80 Å². The van der Waals surface area contributed by atoms with Crippen molar-refractivity contribution < 1.29 is 14.7 Å². The largest absolute Gasteiger partial charge is 0.478 e.